The van der Waals surface area contributed by atoms with Crippen molar-refractivity contribution in [1.29, 1.82) is 0 Å². The Kier molecular flexibility index (Phi) is 5.38. The molecule has 2 atom stereocenters. The van der Waals surface area contributed by atoms with Gasteiger partial charge in [0.15, 0.2) is 23.0 Å². The van der Waals surface area contributed by atoms with Gasteiger partial charge >= 0.3 is 5.97 Å². The quantitative estimate of drug-likeness (QED) is 0.662. The van der Waals surface area contributed by atoms with Crippen molar-refractivity contribution in [2.45, 2.75) is 12.8 Å². The van der Waals surface area contributed by atoms with E-state index in [0.29, 0.717) is 30.3 Å². The first-order chi connectivity index (χ1) is 14.1. The van der Waals surface area contributed by atoms with E-state index in [2.05, 4.69) is 0 Å². The summed E-state index contributed by atoms with van der Waals surface area (Å²) in [5.41, 5.74) is 2.02. The minimum Gasteiger partial charge on any atom is -0.493 e. The van der Waals surface area contributed by atoms with Gasteiger partial charge in [-0.15, -0.1) is 0 Å². The largest absolute Gasteiger partial charge is 0.493 e. The van der Waals surface area contributed by atoms with Gasteiger partial charge in [-0.3, -0.25) is 4.79 Å². The molecule has 4 rings (SSSR count). The van der Waals surface area contributed by atoms with Gasteiger partial charge in [0.05, 0.1) is 33.9 Å². The molecule has 7 heteroatoms. The van der Waals surface area contributed by atoms with Gasteiger partial charge in [0, 0.05) is 5.92 Å². The minimum atomic E-state index is -0.247. The van der Waals surface area contributed by atoms with Crippen LogP contribution in [0.4, 0.5) is 0 Å². The summed E-state index contributed by atoms with van der Waals surface area (Å²) >= 11 is 0. The normalized spacial score (nSPS) is 19.8. The number of cyclic esters (lactones) is 1. The molecule has 7 nitrogen and oxygen atoms in total. The van der Waals surface area contributed by atoms with Crippen LogP contribution in [0.5, 0.6) is 28.7 Å². The summed E-state index contributed by atoms with van der Waals surface area (Å²) in [6.07, 6.45) is 1.25. The van der Waals surface area contributed by atoms with Crippen LogP contribution in [0, 0.1) is 11.8 Å². The average molecular weight is 400 g/mol. The molecule has 0 aliphatic carbocycles. The Hall–Kier alpha value is -3.09. The number of rotatable bonds is 7. The molecular formula is C22H24O7. The van der Waals surface area contributed by atoms with Crippen LogP contribution in [0.25, 0.3) is 0 Å². The van der Waals surface area contributed by atoms with E-state index in [1.807, 2.05) is 30.3 Å². The lowest BCUT2D eigenvalue weighted by atomic mass is 9.85. The van der Waals surface area contributed by atoms with Gasteiger partial charge in [0.1, 0.15) is 0 Å². The van der Waals surface area contributed by atoms with Crippen LogP contribution in [0.3, 0.4) is 0 Å². The molecular weight excluding hydrogens is 376 g/mol. The van der Waals surface area contributed by atoms with Crippen molar-refractivity contribution in [3.63, 3.8) is 0 Å². The van der Waals surface area contributed by atoms with Crippen molar-refractivity contribution in [3.8, 4) is 28.7 Å². The summed E-state index contributed by atoms with van der Waals surface area (Å²) in [4.78, 5) is 12.4. The first-order valence-corrected chi connectivity index (χ1v) is 9.47. The fourth-order valence-electron chi connectivity index (χ4n) is 3.93. The fraction of sp³-hybridized carbons (Fsp3) is 0.409. The maximum atomic E-state index is 12.4. The molecule has 2 aromatic carbocycles. The third-order valence-electron chi connectivity index (χ3n) is 5.43. The highest BCUT2D eigenvalue weighted by molar-refractivity contribution is 5.75. The number of hydrogen-bond donors (Lipinski definition) is 0. The van der Waals surface area contributed by atoms with Crippen LogP contribution in [-0.2, 0) is 22.4 Å². The summed E-state index contributed by atoms with van der Waals surface area (Å²) < 4.78 is 32.5. The monoisotopic (exact) mass is 400 g/mol. The number of fused-ring (bicyclic) bond motifs is 1. The molecule has 0 unspecified atom stereocenters. The lowest BCUT2D eigenvalue weighted by Crippen LogP contribution is -2.20. The van der Waals surface area contributed by atoms with Crippen molar-refractivity contribution in [2.24, 2.45) is 11.8 Å². The summed E-state index contributed by atoms with van der Waals surface area (Å²) in [6, 6.07) is 9.65. The lowest BCUT2D eigenvalue weighted by molar-refractivity contribution is -0.141. The first kappa shape index (κ1) is 19.2. The van der Waals surface area contributed by atoms with Crippen LogP contribution in [0.2, 0.25) is 0 Å². The standard InChI is InChI=1S/C22H24O7/c1-24-19-9-14(10-20(25-2)21(19)26-3)7-16-15(11-27-22(16)23)6-13-4-5-17-18(8-13)29-12-28-17/h4-5,8-10,15-16H,6-7,11-12H2,1-3H3/t15-,16+/m1/s1. The van der Waals surface area contributed by atoms with E-state index in [0.717, 1.165) is 29.0 Å². The molecule has 0 bridgehead atoms. The lowest BCUT2D eigenvalue weighted by Gasteiger charge is -2.18. The van der Waals surface area contributed by atoms with Crippen LogP contribution in [0.15, 0.2) is 30.3 Å². The fourth-order valence-corrected chi connectivity index (χ4v) is 3.93. The Morgan fingerprint density at radius 3 is 2.28 bits per heavy atom. The van der Waals surface area contributed by atoms with Gasteiger partial charge in [-0.25, -0.2) is 0 Å². The van der Waals surface area contributed by atoms with E-state index < -0.39 is 0 Å². The van der Waals surface area contributed by atoms with Gasteiger partial charge in [-0.05, 0) is 48.2 Å². The van der Waals surface area contributed by atoms with Crippen molar-refractivity contribution < 1.29 is 33.2 Å². The topological polar surface area (TPSA) is 72.5 Å². The highest BCUT2D eigenvalue weighted by Crippen LogP contribution is 2.40. The molecule has 0 radical (unpaired) electrons. The molecule has 1 saturated heterocycles. The predicted molar refractivity (Wildman–Crippen MR) is 104 cm³/mol. The Labute approximate surface area is 169 Å². The molecule has 2 heterocycles. The van der Waals surface area contributed by atoms with Crippen LogP contribution < -0.4 is 23.7 Å². The van der Waals surface area contributed by atoms with Crippen molar-refractivity contribution in [1.82, 2.24) is 0 Å². The Morgan fingerprint density at radius 2 is 1.59 bits per heavy atom. The number of esters is 1. The van der Waals surface area contributed by atoms with E-state index in [1.165, 1.54) is 0 Å². The third-order valence-corrected chi connectivity index (χ3v) is 5.43. The second-order valence-corrected chi connectivity index (χ2v) is 7.13. The van der Waals surface area contributed by atoms with Crippen molar-refractivity contribution in [3.05, 3.63) is 41.5 Å². The molecule has 0 spiro atoms. The molecule has 2 aliphatic heterocycles. The maximum absolute atomic E-state index is 12.4. The summed E-state index contributed by atoms with van der Waals surface area (Å²) in [5.74, 6) is 2.82. The zero-order valence-corrected chi connectivity index (χ0v) is 16.7. The van der Waals surface area contributed by atoms with E-state index in [9.17, 15) is 4.79 Å². The summed E-state index contributed by atoms with van der Waals surface area (Å²) in [7, 11) is 4.72. The molecule has 2 aliphatic rings. The molecule has 0 amide bonds. The van der Waals surface area contributed by atoms with Gasteiger partial charge in [0.25, 0.3) is 0 Å². The van der Waals surface area contributed by atoms with E-state index in [4.69, 9.17) is 28.4 Å². The third kappa shape index (κ3) is 3.77. The molecule has 29 heavy (non-hydrogen) atoms. The van der Waals surface area contributed by atoms with E-state index in [-0.39, 0.29) is 24.6 Å². The Bertz CT molecular complexity index is 883. The number of ether oxygens (including phenoxy) is 6. The van der Waals surface area contributed by atoms with Crippen LogP contribution in [-0.4, -0.2) is 40.7 Å². The molecule has 2 aromatic rings. The SMILES string of the molecule is COc1cc(C[C@@H]2C(=O)OC[C@H]2Cc2ccc3c(c2)OCO3)cc(OC)c1OC. The van der Waals surface area contributed by atoms with Crippen molar-refractivity contribution >= 4 is 5.97 Å². The number of carbonyl (C=O) groups is 1. The zero-order valence-electron chi connectivity index (χ0n) is 16.7. The smallest absolute Gasteiger partial charge is 0.309 e. The molecule has 0 saturated carbocycles. The zero-order chi connectivity index (χ0) is 20.4. The number of hydrogen-bond acceptors (Lipinski definition) is 7. The number of carbonyl (C=O) groups excluding carboxylic acids is 1. The summed E-state index contributed by atoms with van der Waals surface area (Å²) in [5, 5.41) is 0. The molecule has 154 valence electrons. The summed E-state index contributed by atoms with van der Waals surface area (Å²) in [6.45, 7) is 0.649. The van der Waals surface area contributed by atoms with Crippen molar-refractivity contribution in [2.75, 3.05) is 34.7 Å². The number of methoxy groups -OCH3 is 3. The predicted octanol–water partition coefficient (Wildman–Crippen LogP) is 3.02. The minimum absolute atomic E-state index is 0.0713. The van der Waals surface area contributed by atoms with E-state index >= 15 is 0 Å². The van der Waals surface area contributed by atoms with Crippen LogP contribution in [0.1, 0.15) is 11.1 Å². The van der Waals surface area contributed by atoms with Gasteiger partial charge in [-0.2, -0.15) is 0 Å². The van der Waals surface area contributed by atoms with Gasteiger partial charge in [0.2, 0.25) is 12.5 Å². The molecule has 0 N–H and O–H groups in total. The first-order valence-electron chi connectivity index (χ1n) is 9.47. The highest BCUT2D eigenvalue weighted by atomic mass is 16.7. The number of benzene rings is 2. The average Bonchev–Trinajstić information content (AvgIpc) is 3.34. The molecule has 1 fully saturated rings. The Balaban J connectivity index is 1.54. The highest BCUT2D eigenvalue weighted by Gasteiger charge is 2.37. The van der Waals surface area contributed by atoms with Gasteiger partial charge in [-0.1, -0.05) is 6.07 Å². The Morgan fingerprint density at radius 1 is 0.862 bits per heavy atom. The van der Waals surface area contributed by atoms with Crippen LogP contribution >= 0.6 is 0 Å². The van der Waals surface area contributed by atoms with Gasteiger partial charge < -0.3 is 28.4 Å². The maximum Gasteiger partial charge on any atom is 0.309 e. The second kappa shape index (κ2) is 8.11. The molecule has 0 aromatic heterocycles. The van der Waals surface area contributed by atoms with E-state index in [1.54, 1.807) is 21.3 Å². The second-order valence-electron chi connectivity index (χ2n) is 7.13.